The molecule has 1 atom stereocenters. The third-order valence-corrected chi connectivity index (χ3v) is 2.66. The lowest BCUT2D eigenvalue weighted by atomic mass is 9.89. The second-order valence-electron chi connectivity index (χ2n) is 4.76. The molecule has 1 unspecified atom stereocenters. The van der Waals surface area contributed by atoms with E-state index < -0.39 is 5.82 Å². The molecule has 2 nitrogen and oxygen atoms in total. The van der Waals surface area contributed by atoms with Crippen molar-refractivity contribution in [3.05, 3.63) is 29.0 Å². The first-order valence-electron chi connectivity index (χ1n) is 5.17. The maximum absolute atomic E-state index is 13.6. The molecule has 2 N–H and O–H groups in total. The maximum atomic E-state index is 13.6. The molecule has 0 heterocycles. The van der Waals surface area contributed by atoms with E-state index in [2.05, 4.69) is 0 Å². The Morgan fingerprint density at radius 2 is 2.06 bits per heavy atom. The summed E-state index contributed by atoms with van der Waals surface area (Å²) in [7, 11) is 0. The van der Waals surface area contributed by atoms with Crippen LogP contribution in [0.25, 0.3) is 0 Å². The monoisotopic (exact) mass is 245 g/mol. The molecular weight excluding hydrogens is 229 g/mol. The summed E-state index contributed by atoms with van der Waals surface area (Å²) in [6.07, 6.45) is -0.250. The normalized spacial score (nSPS) is 13.6. The number of hydrogen-bond acceptors (Lipinski definition) is 2. The third kappa shape index (κ3) is 3.09. The van der Waals surface area contributed by atoms with Gasteiger partial charge in [-0.25, -0.2) is 4.39 Å². The van der Waals surface area contributed by atoms with E-state index in [1.165, 1.54) is 6.07 Å². The first kappa shape index (κ1) is 13.3. The van der Waals surface area contributed by atoms with E-state index in [1.807, 2.05) is 20.8 Å². The Hall–Kier alpha value is -0.800. The molecular formula is C12H17ClFNO. The number of hydrogen-bond donors (Lipinski definition) is 1. The van der Waals surface area contributed by atoms with Crippen LogP contribution in [-0.2, 0) is 0 Å². The van der Waals surface area contributed by atoms with Gasteiger partial charge in [-0.15, -0.1) is 0 Å². The van der Waals surface area contributed by atoms with Crippen LogP contribution < -0.4 is 10.5 Å². The van der Waals surface area contributed by atoms with E-state index in [0.29, 0.717) is 6.54 Å². The van der Waals surface area contributed by atoms with Crippen molar-refractivity contribution in [1.29, 1.82) is 0 Å². The first-order valence-corrected chi connectivity index (χ1v) is 5.54. The minimum Gasteiger partial charge on any atom is -0.485 e. The largest absolute Gasteiger partial charge is 0.485 e. The molecule has 0 aliphatic carbocycles. The molecule has 0 amide bonds. The minimum atomic E-state index is -0.535. The number of halogens is 2. The van der Waals surface area contributed by atoms with Crippen molar-refractivity contribution in [3.8, 4) is 5.75 Å². The second-order valence-corrected chi connectivity index (χ2v) is 5.17. The third-order valence-electron chi connectivity index (χ3n) is 2.37. The standard InChI is InChI=1S/C12H17ClFNO/c1-12(2,3)10(7-15)16-9-6-4-5-8(13)11(9)14/h4-6,10H,7,15H2,1-3H3. The van der Waals surface area contributed by atoms with Gasteiger partial charge in [-0.3, -0.25) is 0 Å². The average molecular weight is 246 g/mol. The van der Waals surface area contributed by atoms with Crippen molar-refractivity contribution in [2.24, 2.45) is 11.1 Å². The van der Waals surface area contributed by atoms with Gasteiger partial charge in [0.05, 0.1) is 5.02 Å². The quantitative estimate of drug-likeness (QED) is 0.887. The van der Waals surface area contributed by atoms with Crippen molar-refractivity contribution in [2.45, 2.75) is 26.9 Å². The molecule has 0 bridgehead atoms. The van der Waals surface area contributed by atoms with Crippen LogP contribution in [0.1, 0.15) is 20.8 Å². The highest BCUT2D eigenvalue weighted by molar-refractivity contribution is 6.30. The molecule has 0 aromatic heterocycles. The van der Waals surface area contributed by atoms with Gasteiger partial charge < -0.3 is 10.5 Å². The Balaban J connectivity index is 2.91. The van der Waals surface area contributed by atoms with E-state index in [0.717, 1.165) is 0 Å². The van der Waals surface area contributed by atoms with Gasteiger partial charge in [0.25, 0.3) is 0 Å². The van der Waals surface area contributed by atoms with Gasteiger partial charge in [-0.2, -0.15) is 0 Å². The summed E-state index contributed by atoms with van der Waals surface area (Å²) >= 11 is 5.67. The summed E-state index contributed by atoms with van der Waals surface area (Å²) < 4.78 is 19.1. The van der Waals surface area contributed by atoms with E-state index >= 15 is 0 Å². The molecule has 16 heavy (non-hydrogen) atoms. The zero-order valence-electron chi connectivity index (χ0n) is 9.76. The van der Waals surface area contributed by atoms with Gasteiger partial charge in [-0.05, 0) is 12.1 Å². The Morgan fingerprint density at radius 1 is 1.44 bits per heavy atom. The van der Waals surface area contributed by atoms with Crippen molar-refractivity contribution >= 4 is 11.6 Å². The summed E-state index contributed by atoms with van der Waals surface area (Å²) in [5, 5.41) is 0.0576. The minimum absolute atomic E-state index is 0.0576. The zero-order chi connectivity index (χ0) is 12.3. The lowest BCUT2D eigenvalue weighted by Gasteiger charge is -2.30. The van der Waals surface area contributed by atoms with Crippen LogP contribution >= 0.6 is 11.6 Å². The molecule has 0 radical (unpaired) electrons. The Bertz CT molecular complexity index is 363. The maximum Gasteiger partial charge on any atom is 0.183 e. The van der Waals surface area contributed by atoms with E-state index in [9.17, 15) is 4.39 Å². The lowest BCUT2D eigenvalue weighted by Crippen LogP contribution is -2.38. The summed E-state index contributed by atoms with van der Waals surface area (Å²) in [4.78, 5) is 0. The van der Waals surface area contributed by atoms with Crippen LogP contribution in [0.4, 0.5) is 4.39 Å². The second kappa shape index (κ2) is 5.02. The Kier molecular flexibility index (Phi) is 4.16. The van der Waals surface area contributed by atoms with E-state index in [4.69, 9.17) is 22.1 Å². The summed E-state index contributed by atoms with van der Waals surface area (Å²) in [5.41, 5.74) is 5.47. The summed E-state index contributed by atoms with van der Waals surface area (Å²) in [6, 6.07) is 4.69. The van der Waals surface area contributed by atoms with Gasteiger partial charge in [0, 0.05) is 12.0 Å². The number of benzene rings is 1. The SMILES string of the molecule is CC(C)(C)C(CN)Oc1cccc(Cl)c1F. The number of rotatable bonds is 3. The molecule has 0 spiro atoms. The van der Waals surface area contributed by atoms with Crippen LogP contribution in [0.5, 0.6) is 5.75 Å². The molecule has 0 fully saturated rings. The van der Waals surface area contributed by atoms with Crippen molar-refractivity contribution in [3.63, 3.8) is 0 Å². The molecule has 1 rings (SSSR count). The average Bonchev–Trinajstić information content (AvgIpc) is 2.18. The fraction of sp³-hybridized carbons (Fsp3) is 0.500. The van der Waals surface area contributed by atoms with Crippen LogP contribution in [0.3, 0.4) is 0 Å². The lowest BCUT2D eigenvalue weighted by molar-refractivity contribution is 0.0899. The highest BCUT2D eigenvalue weighted by Crippen LogP contribution is 2.29. The van der Waals surface area contributed by atoms with Crippen molar-refractivity contribution in [2.75, 3.05) is 6.54 Å². The highest BCUT2D eigenvalue weighted by atomic mass is 35.5. The van der Waals surface area contributed by atoms with Crippen LogP contribution in [0.15, 0.2) is 18.2 Å². The fourth-order valence-electron chi connectivity index (χ4n) is 1.31. The molecule has 1 aromatic rings. The first-order chi connectivity index (χ1) is 7.36. The predicted molar refractivity (Wildman–Crippen MR) is 64.3 cm³/mol. The van der Waals surface area contributed by atoms with Crippen LogP contribution in [0, 0.1) is 11.2 Å². The molecule has 90 valence electrons. The van der Waals surface area contributed by atoms with Gasteiger partial charge in [0.1, 0.15) is 6.10 Å². The van der Waals surface area contributed by atoms with Gasteiger partial charge in [0.15, 0.2) is 11.6 Å². The van der Waals surface area contributed by atoms with E-state index in [-0.39, 0.29) is 22.3 Å². The van der Waals surface area contributed by atoms with Gasteiger partial charge in [-0.1, -0.05) is 38.4 Å². The topological polar surface area (TPSA) is 35.2 Å². The predicted octanol–water partition coefficient (Wildman–Crippen LogP) is 3.23. The smallest absolute Gasteiger partial charge is 0.183 e. The Labute approximate surface area is 101 Å². The fourth-order valence-corrected chi connectivity index (χ4v) is 1.47. The van der Waals surface area contributed by atoms with Gasteiger partial charge in [0.2, 0.25) is 0 Å². The van der Waals surface area contributed by atoms with Crippen LogP contribution in [-0.4, -0.2) is 12.6 Å². The molecule has 0 saturated carbocycles. The molecule has 0 aliphatic rings. The summed E-state index contributed by atoms with van der Waals surface area (Å²) in [5.74, 6) is -0.384. The molecule has 0 aliphatic heterocycles. The van der Waals surface area contributed by atoms with Crippen molar-refractivity contribution < 1.29 is 9.13 Å². The Morgan fingerprint density at radius 3 is 2.56 bits per heavy atom. The molecule has 1 aromatic carbocycles. The molecule has 0 saturated heterocycles. The highest BCUT2D eigenvalue weighted by Gasteiger charge is 2.26. The van der Waals surface area contributed by atoms with Crippen molar-refractivity contribution in [1.82, 2.24) is 0 Å². The molecule has 4 heteroatoms. The van der Waals surface area contributed by atoms with Gasteiger partial charge >= 0.3 is 0 Å². The van der Waals surface area contributed by atoms with E-state index in [1.54, 1.807) is 12.1 Å². The zero-order valence-corrected chi connectivity index (χ0v) is 10.5. The number of nitrogens with two attached hydrogens (primary N) is 1. The summed E-state index contributed by atoms with van der Waals surface area (Å²) in [6.45, 7) is 6.31. The number of ether oxygens (including phenoxy) is 1. The van der Waals surface area contributed by atoms with Crippen LogP contribution in [0.2, 0.25) is 5.02 Å².